The number of morpholine rings is 1. The first-order valence-corrected chi connectivity index (χ1v) is 8.33. The van der Waals surface area contributed by atoms with E-state index in [-0.39, 0.29) is 0 Å². The molecule has 1 saturated heterocycles. The van der Waals surface area contributed by atoms with Crippen LogP contribution in [0.3, 0.4) is 0 Å². The van der Waals surface area contributed by atoms with E-state index in [2.05, 4.69) is 25.9 Å². The topological polar surface area (TPSA) is 80.1 Å². The van der Waals surface area contributed by atoms with Gasteiger partial charge in [0.25, 0.3) is 0 Å². The van der Waals surface area contributed by atoms with Crippen LogP contribution in [-0.4, -0.2) is 41.3 Å². The van der Waals surface area contributed by atoms with Gasteiger partial charge in [0.2, 0.25) is 0 Å². The highest BCUT2D eigenvalue weighted by molar-refractivity contribution is 5.92. The molecule has 0 unspecified atom stereocenters. The highest BCUT2D eigenvalue weighted by Crippen LogP contribution is 2.29. The highest BCUT2D eigenvalue weighted by atomic mass is 16.5. The molecule has 24 heavy (non-hydrogen) atoms. The van der Waals surface area contributed by atoms with Gasteiger partial charge in [-0.25, -0.2) is 9.97 Å². The summed E-state index contributed by atoms with van der Waals surface area (Å²) in [5.74, 6) is 0.964. The first-order valence-electron chi connectivity index (χ1n) is 8.33. The molecule has 3 aromatic rings. The number of ether oxygens (including phenoxy) is 1. The molecule has 0 atom stereocenters. The number of nitrogens with zero attached hydrogens (tertiary/aromatic N) is 3. The summed E-state index contributed by atoms with van der Waals surface area (Å²) in [6, 6.07) is 9.90. The zero-order valence-electron chi connectivity index (χ0n) is 14.1. The van der Waals surface area contributed by atoms with Gasteiger partial charge in [0.1, 0.15) is 17.8 Å². The van der Waals surface area contributed by atoms with Crippen molar-refractivity contribution in [2.45, 2.75) is 13.8 Å². The number of benzene rings is 1. The first-order chi connectivity index (χ1) is 11.8. The number of nitrogen functional groups attached to an aromatic ring is 1. The SMILES string of the molecule is CC.Nc1ccc(-c2cc3c(N4CCOCC4)ncnc3[nH]2)cc1. The minimum absolute atomic E-state index is 0.737. The Bertz CT molecular complexity index is 791. The Morgan fingerprint density at radius 1 is 1.08 bits per heavy atom. The fraction of sp³-hybridized carbons (Fsp3) is 0.333. The van der Waals surface area contributed by atoms with Crippen LogP contribution in [0.4, 0.5) is 11.5 Å². The summed E-state index contributed by atoms with van der Waals surface area (Å²) in [5, 5.41) is 1.04. The molecule has 0 bridgehead atoms. The molecule has 3 N–H and O–H groups in total. The summed E-state index contributed by atoms with van der Waals surface area (Å²) >= 11 is 0. The minimum atomic E-state index is 0.737. The van der Waals surface area contributed by atoms with Gasteiger partial charge in [-0.1, -0.05) is 26.0 Å². The van der Waals surface area contributed by atoms with Crippen LogP contribution < -0.4 is 10.6 Å². The van der Waals surface area contributed by atoms with Crippen molar-refractivity contribution in [1.82, 2.24) is 15.0 Å². The molecule has 4 rings (SSSR count). The zero-order valence-corrected chi connectivity index (χ0v) is 14.1. The van der Waals surface area contributed by atoms with Crippen molar-refractivity contribution < 1.29 is 4.74 Å². The maximum atomic E-state index is 5.75. The minimum Gasteiger partial charge on any atom is -0.399 e. The van der Waals surface area contributed by atoms with E-state index in [4.69, 9.17) is 10.5 Å². The molecule has 0 spiro atoms. The lowest BCUT2D eigenvalue weighted by atomic mass is 10.1. The second-order valence-electron chi connectivity index (χ2n) is 5.36. The Hall–Kier alpha value is -2.60. The average Bonchev–Trinajstić information content (AvgIpc) is 3.09. The zero-order chi connectivity index (χ0) is 16.9. The van der Waals surface area contributed by atoms with E-state index in [1.807, 2.05) is 38.1 Å². The van der Waals surface area contributed by atoms with Gasteiger partial charge in [-0.3, -0.25) is 0 Å². The number of hydrogen-bond donors (Lipinski definition) is 2. The van der Waals surface area contributed by atoms with Gasteiger partial charge in [-0.05, 0) is 23.8 Å². The smallest absolute Gasteiger partial charge is 0.143 e. The normalized spacial score (nSPS) is 14.3. The van der Waals surface area contributed by atoms with Crippen LogP contribution in [0.2, 0.25) is 0 Å². The first kappa shape index (κ1) is 16.3. The van der Waals surface area contributed by atoms with Crippen LogP contribution in [-0.2, 0) is 4.74 Å². The third kappa shape index (κ3) is 3.19. The Morgan fingerprint density at radius 3 is 2.50 bits per heavy atom. The molecule has 0 amide bonds. The number of hydrogen-bond acceptors (Lipinski definition) is 5. The third-order valence-corrected chi connectivity index (χ3v) is 3.94. The largest absolute Gasteiger partial charge is 0.399 e. The lowest BCUT2D eigenvalue weighted by Gasteiger charge is -2.27. The Balaban J connectivity index is 0.000000815. The van der Waals surface area contributed by atoms with Crippen LogP contribution in [0, 0.1) is 0 Å². The van der Waals surface area contributed by atoms with E-state index in [0.29, 0.717) is 0 Å². The second kappa shape index (κ2) is 7.31. The summed E-state index contributed by atoms with van der Waals surface area (Å²) < 4.78 is 5.41. The fourth-order valence-electron chi connectivity index (χ4n) is 2.77. The maximum Gasteiger partial charge on any atom is 0.143 e. The van der Waals surface area contributed by atoms with Crippen molar-refractivity contribution in [3.8, 4) is 11.3 Å². The predicted octanol–water partition coefficient (Wildman–Crippen LogP) is 3.07. The van der Waals surface area contributed by atoms with E-state index in [0.717, 1.165) is 60.1 Å². The van der Waals surface area contributed by atoms with Crippen molar-refractivity contribution >= 4 is 22.5 Å². The molecule has 1 aromatic carbocycles. The monoisotopic (exact) mass is 325 g/mol. The van der Waals surface area contributed by atoms with Crippen LogP contribution in [0.1, 0.15) is 13.8 Å². The number of rotatable bonds is 2. The van der Waals surface area contributed by atoms with Gasteiger partial charge in [0, 0.05) is 24.5 Å². The molecule has 6 nitrogen and oxygen atoms in total. The van der Waals surface area contributed by atoms with E-state index < -0.39 is 0 Å². The summed E-state index contributed by atoms with van der Waals surface area (Å²) in [4.78, 5) is 14.4. The number of H-pyrrole nitrogens is 1. The van der Waals surface area contributed by atoms with Crippen LogP contribution >= 0.6 is 0 Å². The maximum absolute atomic E-state index is 5.75. The van der Waals surface area contributed by atoms with Gasteiger partial charge >= 0.3 is 0 Å². The van der Waals surface area contributed by atoms with Crippen molar-refractivity contribution in [2.24, 2.45) is 0 Å². The molecule has 0 aliphatic carbocycles. The van der Waals surface area contributed by atoms with Crippen LogP contribution in [0.5, 0.6) is 0 Å². The van der Waals surface area contributed by atoms with E-state index in [1.165, 1.54) is 0 Å². The van der Waals surface area contributed by atoms with E-state index in [1.54, 1.807) is 6.33 Å². The molecule has 1 fully saturated rings. The molecule has 126 valence electrons. The molecule has 1 aliphatic heterocycles. The standard InChI is InChI=1S/C16H17N5O.C2H6/c17-12-3-1-11(2-4-12)14-9-13-15(20-14)18-10-19-16(13)21-5-7-22-8-6-21;1-2/h1-4,9-10H,5-8,17H2,(H,18,19,20);1-2H3. The van der Waals surface area contributed by atoms with Crippen molar-refractivity contribution in [2.75, 3.05) is 36.9 Å². The van der Waals surface area contributed by atoms with Gasteiger partial charge < -0.3 is 20.4 Å². The number of aromatic amines is 1. The number of anilines is 2. The second-order valence-corrected chi connectivity index (χ2v) is 5.36. The molecule has 3 heterocycles. The molecule has 0 radical (unpaired) electrons. The Labute approximate surface area is 141 Å². The quantitative estimate of drug-likeness (QED) is 0.708. The number of nitrogens with two attached hydrogens (primary N) is 1. The molecule has 1 aliphatic rings. The molecular formula is C18H23N5O. The Kier molecular flexibility index (Phi) is 4.96. The third-order valence-electron chi connectivity index (χ3n) is 3.94. The summed E-state index contributed by atoms with van der Waals surface area (Å²) in [6.07, 6.45) is 1.61. The van der Waals surface area contributed by atoms with Gasteiger partial charge in [0.05, 0.1) is 18.6 Å². The van der Waals surface area contributed by atoms with E-state index >= 15 is 0 Å². The fourth-order valence-corrected chi connectivity index (χ4v) is 2.77. The number of nitrogens with one attached hydrogen (secondary N) is 1. The van der Waals surface area contributed by atoms with Crippen LogP contribution in [0.15, 0.2) is 36.7 Å². The van der Waals surface area contributed by atoms with Gasteiger partial charge in [-0.15, -0.1) is 0 Å². The van der Waals surface area contributed by atoms with Crippen molar-refractivity contribution in [1.29, 1.82) is 0 Å². The predicted molar refractivity (Wildman–Crippen MR) is 98.1 cm³/mol. The lowest BCUT2D eigenvalue weighted by Crippen LogP contribution is -2.36. The average molecular weight is 325 g/mol. The summed E-state index contributed by atoms with van der Waals surface area (Å²) in [6.45, 7) is 7.18. The molecule has 0 saturated carbocycles. The van der Waals surface area contributed by atoms with E-state index in [9.17, 15) is 0 Å². The van der Waals surface area contributed by atoms with Crippen molar-refractivity contribution in [3.05, 3.63) is 36.7 Å². The lowest BCUT2D eigenvalue weighted by molar-refractivity contribution is 0.122. The molecule has 6 heteroatoms. The van der Waals surface area contributed by atoms with Gasteiger partial charge in [0.15, 0.2) is 0 Å². The highest BCUT2D eigenvalue weighted by Gasteiger charge is 2.17. The van der Waals surface area contributed by atoms with Gasteiger partial charge in [-0.2, -0.15) is 0 Å². The number of fused-ring (bicyclic) bond motifs is 1. The number of aromatic nitrogens is 3. The molecule has 2 aromatic heterocycles. The summed E-state index contributed by atoms with van der Waals surface area (Å²) in [5.41, 5.74) is 9.46. The molecular weight excluding hydrogens is 302 g/mol. The van der Waals surface area contributed by atoms with Crippen molar-refractivity contribution in [3.63, 3.8) is 0 Å². The summed E-state index contributed by atoms with van der Waals surface area (Å²) in [7, 11) is 0. The Morgan fingerprint density at radius 2 is 1.79 bits per heavy atom. The van der Waals surface area contributed by atoms with Crippen LogP contribution in [0.25, 0.3) is 22.3 Å².